The number of alkyl carbamates (subject to hydrolysis) is 1. The van der Waals surface area contributed by atoms with E-state index in [-0.39, 0.29) is 23.5 Å². The lowest BCUT2D eigenvalue weighted by atomic mass is 9.47. The van der Waals surface area contributed by atoms with E-state index in [0.717, 1.165) is 54.8 Å². The van der Waals surface area contributed by atoms with Gasteiger partial charge < -0.3 is 30.6 Å². The Balaban J connectivity index is 1.17. The van der Waals surface area contributed by atoms with Crippen LogP contribution >= 0.6 is 0 Å². The standard InChI is InChI=1S/C37H65N3O5/c1-26(2)7-6-8-27(3)31-11-12-32-30-10-9-28-25-29(13-16-36(28,4)33(30)14-17-37(31,32)5)45-35(42)40-20-24-44-23-19-39-34(41)15-21-43-22-18-38/h9,26-27,29-33H,6-8,10-25,38H2,1-5H3,(H,39,41)(H,40,42)/t27-,29+,30+,31-,32+,33+,36+,37-/m1/s1. The van der Waals surface area contributed by atoms with E-state index in [1.54, 1.807) is 5.57 Å². The van der Waals surface area contributed by atoms with Gasteiger partial charge in [0.25, 0.3) is 0 Å². The van der Waals surface area contributed by atoms with Gasteiger partial charge in [-0.3, -0.25) is 4.79 Å². The summed E-state index contributed by atoms with van der Waals surface area (Å²) in [7, 11) is 0. The quantitative estimate of drug-likeness (QED) is 0.123. The molecule has 0 aromatic heterocycles. The van der Waals surface area contributed by atoms with E-state index in [1.165, 1.54) is 51.4 Å². The van der Waals surface area contributed by atoms with Gasteiger partial charge in [-0.25, -0.2) is 4.79 Å². The van der Waals surface area contributed by atoms with E-state index in [0.29, 0.717) is 57.9 Å². The monoisotopic (exact) mass is 631 g/mol. The van der Waals surface area contributed by atoms with Crippen molar-refractivity contribution in [2.75, 3.05) is 46.1 Å². The zero-order valence-corrected chi connectivity index (χ0v) is 29.2. The predicted molar refractivity (Wildman–Crippen MR) is 180 cm³/mol. The van der Waals surface area contributed by atoms with Gasteiger partial charge in [0.2, 0.25) is 5.91 Å². The number of hydrogen-bond acceptors (Lipinski definition) is 6. The summed E-state index contributed by atoms with van der Waals surface area (Å²) in [6, 6.07) is 0. The van der Waals surface area contributed by atoms with Crippen LogP contribution in [-0.2, 0) is 19.0 Å². The molecule has 258 valence electrons. The Morgan fingerprint density at radius 1 is 0.933 bits per heavy atom. The van der Waals surface area contributed by atoms with Gasteiger partial charge >= 0.3 is 6.09 Å². The largest absolute Gasteiger partial charge is 0.446 e. The number of ether oxygens (including phenoxy) is 3. The maximum Gasteiger partial charge on any atom is 0.407 e. The molecule has 0 aliphatic heterocycles. The van der Waals surface area contributed by atoms with E-state index >= 15 is 0 Å². The Morgan fingerprint density at radius 2 is 1.69 bits per heavy atom. The molecule has 0 aromatic carbocycles. The molecule has 4 N–H and O–H groups in total. The highest BCUT2D eigenvalue weighted by molar-refractivity contribution is 5.75. The average molecular weight is 632 g/mol. The summed E-state index contributed by atoms with van der Waals surface area (Å²) < 4.78 is 16.6. The number of carbonyl (C=O) groups is 2. The average Bonchev–Trinajstić information content (AvgIpc) is 3.36. The normalized spacial score (nSPS) is 33.0. The van der Waals surface area contributed by atoms with Gasteiger partial charge in [0.05, 0.1) is 26.4 Å². The van der Waals surface area contributed by atoms with E-state index in [1.807, 2.05) is 0 Å². The van der Waals surface area contributed by atoms with Crippen molar-refractivity contribution in [3.05, 3.63) is 11.6 Å². The first-order chi connectivity index (χ1) is 21.6. The molecule has 8 atom stereocenters. The van der Waals surface area contributed by atoms with E-state index in [2.05, 4.69) is 51.3 Å². The van der Waals surface area contributed by atoms with E-state index in [9.17, 15) is 9.59 Å². The van der Waals surface area contributed by atoms with Crippen molar-refractivity contribution in [2.45, 2.75) is 118 Å². The second-order valence-corrected chi connectivity index (χ2v) is 15.6. The molecule has 4 aliphatic rings. The lowest BCUT2D eigenvalue weighted by Crippen LogP contribution is -2.51. The van der Waals surface area contributed by atoms with Crippen molar-refractivity contribution in [3.63, 3.8) is 0 Å². The number of amides is 2. The van der Waals surface area contributed by atoms with E-state index < -0.39 is 0 Å². The topological polar surface area (TPSA) is 112 Å². The second-order valence-electron chi connectivity index (χ2n) is 15.6. The number of hydrogen-bond donors (Lipinski definition) is 3. The predicted octanol–water partition coefficient (Wildman–Crippen LogP) is 6.62. The first-order valence-electron chi connectivity index (χ1n) is 18.3. The van der Waals surface area contributed by atoms with Crippen molar-refractivity contribution < 1.29 is 23.8 Å². The minimum absolute atomic E-state index is 0.0535. The Morgan fingerprint density at radius 3 is 2.44 bits per heavy atom. The lowest BCUT2D eigenvalue weighted by molar-refractivity contribution is -0.122. The molecule has 0 saturated heterocycles. The lowest BCUT2D eigenvalue weighted by Gasteiger charge is -2.58. The van der Waals surface area contributed by atoms with Crippen LogP contribution in [0.3, 0.4) is 0 Å². The molecule has 0 heterocycles. The zero-order chi connectivity index (χ0) is 32.5. The molecule has 4 aliphatic carbocycles. The minimum atomic E-state index is -0.361. The third-order valence-electron chi connectivity index (χ3n) is 12.4. The molecule has 0 bridgehead atoms. The Labute approximate surface area is 273 Å². The molecule has 45 heavy (non-hydrogen) atoms. The highest BCUT2D eigenvalue weighted by Crippen LogP contribution is 2.67. The molecule has 8 nitrogen and oxygen atoms in total. The van der Waals surface area contributed by atoms with Gasteiger partial charge in [0, 0.05) is 32.5 Å². The van der Waals surface area contributed by atoms with Crippen LogP contribution in [0.2, 0.25) is 0 Å². The molecule has 4 rings (SSSR count). The third kappa shape index (κ3) is 9.25. The van der Waals surface area contributed by atoms with Crippen LogP contribution < -0.4 is 16.4 Å². The number of nitrogens with two attached hydrogens (primary N) is 1. The molecule has 0 radical (unpaired) electrons. The molecular weight excluding hydrogens is 566 g/mol. The maximum absolute atomic E-state index is 12.6. The fourth-order valence-corrected chi connectivity index (χ4v) is 9.97. The molecule has 3 fully saturated rings. The zero-order valence-electron chi connectivity index (χ0n) is 29.2. The summed E-state index contributed by atoms with van der Waals surface area (Å²) in [5.74, 6) is 4.92. The number of rotatable bonds is 17. The highest BCUT2D eigenvalue weighted by Gasteiger charge is 2.59. The van der Waals surface area contributed by atoms with Crippen molar-refractivity contribution in [3.8, 4) is 0 Å². The fourth-order valence-electron chi connectivity index (χ4n) is 9.97. The van der Waals surface area contributed by atoms with Crippen molar-refractivity contribution in [1.29, 1.82) is 0 Å². The highest BCUT2D eigenvalue weighted by atomic mass is 16.6. The Bertz CT molecular complexity index is 987. The summed E-state index contributed by atoms with van der Waals surface area (Å²) >= 11 is 0. The van der Waals surface area contributed by atoms with Gasteiger partial charge in [-0.1, -0.05) is 65.5 Å². The van der Waals surface area contributed by atoms with Crippen LogP contribution in [0.5, 0.6) is 0 Å². The van der Waals surface area contributed by atoms with Gasteiger partial charge in [-0.15, -0.1) is 0 Å². The van der Waals surface area contributed by atoms with Crippen molar-refractivity contribution in [2.24, 2.45) is 52.1 Å². The van der Waals surface area contributed by atoms with Crippen LogP contribution in [0.1, 0.15) is 112 Å². The van der Waals surface area contributed by atoms with Gasteiger partial charge in [0.1, 0.15) is 6.10 Å². The molecule has 2 amide bonds. The molecule has 0 unspecified atom stereocenters. The second kappa shape index (κ2) is 17.0. The van der Waals surface area contributed by atoms with Crippen LogP contribution in [0.4, 0.5) is 4.79 Å². The van der Waals surface area contributed by atoms with Crippen LogP contribution in [-0.4, -0.2) is 64.2 Å². The van der Waals surface area contributed by atoms with Crippen molar-refractivity contribution in [1.82, 2.24) is 10.6 Å². The molecule has 3 saturated carbocycles. The molecule has 0 aromatic rings. The first kappa shape index (κ1) is 36.2. The maximum atomic E-state index is 12.6. The Hall–Kier alpha value is -1.64. The number of fused-ring (bicyclic) bond motifs is 5. The minimum Gasteiger partial charge on any atom is -0.446 e. The molecular formula is C37H65N3O5. The molecule has 0 spiro atoms. The van der Waals surface area contributed by atoms with Crippen LogP contribution in [0.15, 0.2) is 11.6 Å². The summed E-state index contributed by atoms with van der Waals surface area (Å²) in [5.41, 5.74) is 7.67. The van der Waals surface area contributed by atoms with Gasteiger partial charge in [-0.2, -0.15) is 0 Å². The molecule has 8 heteroatoms. The summed E-state index contributed by atoms with van der Waals surface area (Å²) in [5, 5.41) is 5.63. The third-order valence-corrected chi connectivity index (χ3v) is 12.4. The van der Waals surface area contributed by atoms with Crippen LogP contribution in [0, 0.1) is 46.3 Å². The van der Waals surface area contributed by atoms with Gasteiger partial charge in [-0.05, 0) is 91.3 Å². The van der Waals surface area contributed by atoms with Crippen LogP contribution in [0.25, 0.3) is 0 Å². The SMILES string of the molecule is CC(C)CCC[C@@H](C)[C@H]1CC[C@H]2[C@@H]3CC=C4C[C@@H](OC(=O)NCCOCCNC(=O)CCOCCN)CC[C@]4(C)[C@H]3CC[C@]12C. The summed E-state index contributed by atoms with van der Waals surface area (Å²) in [6.45, 7) is 15.3. The fraction of sp³-hybridized carbons (Fsp3) is 0.892. The smallest absolute Gasteiger partial charge is 0.407 e. The Kier molecular flexibility index (Phi) is 13.6. The van der Waals surface area contributed by atoms with Gasteiger partial charge in [0.15, 0.2) is 0 Å². The summed E-state index contributed by atoms with van der Waals surface area (Å²) in [4.78, 5) is 24.3. The summed E-state index contributed by atoms with van der Waals surface area (Å²) in [6.07, 6.45) is 16.4. The number of carbonyl (C=O) groups excluding carboxylic acids is 2. The number of allylic oxidation sites excluding steroid dienone is 1. The van der Waals surface area contributed by atoms with Crippen molar-refractivity contribution >= 4 is 12.0 Å². The first-order valence-corrected chi connectivity index (χ1v) is 18.3. The number of nitrogens with one attached hydrogen (secondary N) is 2. The van der Waals surface area contributed by atoms with E-state index in [4.69, 9.17) is 19.9 Å².